The first-order valence-corrected chi connectivity index (χ1v) is 8.05. The van der Waals surface area contributed by atoms with Crippen LogP contribution >= 0.6 is 0 Å². The van der Waals surface area contributed by atoms with Gasteiger partial charge in [-0.1, -0.05) is 0 Å². The first kappa shape index (κ1) is 15.2. The van der Waals surface area contributed by atoms with Crippen molar-refractivity contribution in [3.63, 3.8) is 0 Å². The van der Waals surface area contributed by atoms with E-state index in [1.807, 2.05) is 0 Å². The van der Waals surface area contributed by atoms with Crippen molar-refractivity contribution in [2.75, 3.05) is 16.8 Å². The molecule has 1 heterocycles. The van der Waals surface area contributed by atoms with E-state index in [2.05, 4.69) is 10.6 Å². The van der Waals surface area contributed by atoms with Crippen LogP contribution in [0.5, 0.6) is 0 Å². The fraction of sp³-hybridized carbons (Fsp3) is 0.417. The first-order valence-electron chi connectivity index (χ1n) is 6.23. The molecule has 2 N–H and O–H groups in total. The second-order valence-electron chi connectivity index (χ2n) is 5.29. The minimum atomic E-state index is -3.11. The van der Waals surface area contributed by atoms with E-state index in [4.69, 9.17) is 0 Å². The van der Waals surface area contributed by atoms with E-state index in [0.29, 0.717) is 12.1 Å². The Hall–Kier alpha value is -2.16. The predicted molar refractivity (Wildman–Crippen MR) is 76.9 cm³/mol. The van der Waals surface area contributed by atoms with Crippen LogP contribution in [0.4, 0.5) is 16.2 Å². The monoisotopic (exact) mass is 313 g/mol. The van der Waals surface area contributed by atoms with Gasteiger partial charge in [0.1, 0.15) is 0 Å². The summed E-state index contributed by atoms with van der Waals surface area (Å²) in [5.74, 6) is -0.0327. The number of nitro groups is 1. The van der Waals surface area contributed by atoms with Crippen molar-refractivity contribution in [2.45, 2.75) is 18.9 Å². The van der Waals surface area contributed by atoms with Crippen molar-refractivity contribution in [3.8, 4) is 0 Å². The summed E-state index contributed by atoms with van der Waals surface area (Å²) in [5.41, 5.74) is -0.471. The maximum Gasteiger partial charge on any atom is 0.319 e. The molecular weight excluding hydrogens is 298 g/mol. The maximum atomic E-state index is 11.9. The zero-order valence-corrected chi connectivity index (χ0v) is 12.1. The quantitative estimate of drug-likeness (QED) is 0.644. The molecule has 8 nitrogen and oxygen atoms in total. The average molecular weight is 313 g/mol. The van der Waals surface area contributed by atoms with E-state index in [1.54, 1.807) is 6.92 Å². The molecule has 0 aromatic heterocycles. The number of urea groups is 1. The molecule has 1 fully saturated rings. The van der Waals surface area contributed by atoms with E-state index >= 15 is 0 Å². The Morgan fingerprint density at radius 3 is 2.43 bits per heavy atom. The lowest BCUT2D eigenvalue weighted by molar-refractivity contribution is -0.384. The number of rotatable bonds is 3. The van der Waals surface area contributed by atoms with Crippen LogP contribution in [-0.2, 0) is 9.84 Å². The predicted octanol–water partition coefficient (Wildman–Crippen LogP) is 1.29. The van der Waals surface area contributed by atoms with Gasteiger partial charge in [-0.05, 0) is 25.5 Å². The molecule has 1 aromatic rings. The van der Waals surface area contributed by atoms with Crippen LogP contribution in [0.1, 0.15) is 13.3 Å². The number of nitro benzene ring substituents is 1. The summed E-state index contributed by atoms with van der Waals surface area (Å²) in [5, 5.41) is 15.7. The topological polar surface area (TPSA) is 118 Å². The maximum absolute atomic E-state index is 11.9. The number of hydrogen-bond acceptors (Lipinski definition) is 5. The molecule has 114 valence electrons. The Bertz CT molecular complexity index is 671. The number of nitrogens with zero attached hydrogens (tertiary/aromatic N) is 1. The van der Waals surface area contributed by atoms with Crippen molar-refractivity contribution in [1.82, 2.24) is 5.32 Å². The lowest BCUT2D eigenvalue weighted by Gasteiger charge is -2.23. The van der Waals surface area contributed by atoms with Crippen LogP contribution in [-0.4, -0.2) is 36.4 Å². The third-order valence-corrected chi connectivity index (χ3v) is 5.16. The molecule has 0 spiro atoms. The van der Waals surface area contributed by atoms with Gasteiger partial charge in [0, 0.05) is 17.8 Å². The van der Waals surface area contributed by atoms with Crippen LogP contribution < -0.4 is 10.6 Å². The van der Waals surface area contributed by atoms with Crippen LogP contribution in [0.15, 0.2) is 24.3 Å². The van der Waals surface area contributed by atoms with Gasteiger partial charge in [-0.15, -0.1) is 0 Å². The minimum Gasteiger partial charge on any atom is -0.332 e. The fourth-order valence-electron chi connectivity index (χ4n) is 2.21. The Kier molecular flexibility index (Phi) is 3.86. The van der Waals surface area contributed by atoms with Crippen molar-refractivity contribution < 1.29 is 18.1 Å². The molecule has 0 bridgehead atoms. The van der Waals surface area contributed by atoms with Crippen molar-refractivity contribution >= 4 is 27.2 Å². The molecule has 0 aliphatic carbocycles. The second kappa shape index (κ2) is 5.32. The number of hydrogen-bond donors (Lipinski definition) is 2. The Morgan fingerprint density at radius 1 is 1.33 bits per heavy atom. The summed E-state index contributed by atoms with van der Waals surface area (Å²) in [6.45, 7) is 1.67. The fourth-order valence-corrected chi connectivity index (χ4v) is 4.31. The standard InChI is InChI=1S/C12H15N3O5S/c1-12(6-7-21(19,20)8-12)14-11(16)13-9-2-4-10(5-3-9)15(17)18/h2-5H,6-8H2,1H3,(H2,13,14,16). The number of amides is 2. The molecular formula is C12H15N3O5S. The molecule has 1 aromatic carbocycles. The molecule has 1 aliphatic heterocycles. The first-order chi connectivity index (χ1) is 9.69. The van der Waals surface area contributed by atoms with Crippen LogP contribution in [0.2, 0.25) is 0 Å². The van der Waals surface area contributed by atoms with Gasteiger partial charge in [-0.25, -0.2) is 13.2 Å². The highest BCUT2D eigenvalue weighted by atomic mass is 32.2. The van der Waals surface area contributed by atoms with Crippen molar-refractivity contribution in [1.29, 1.82) is 0 Å². The Balaban J connectivity index is 1.97. The zero-order valence-electron chi connectivity index (χ0n) is 11.3. The molecule has 2 rings (SSSR count). The highest BCUT2D eigenvalue weighted by Crippen LogP contribution is 2.23. The summed E-state index contributed by atoms with van der Waals surface area (Å²) in [6.07, 6.45) is 0.364. The minimum absolute atomic E-state index is 0.0569. The third-order valence-electron chi connectivity index (χ3n) is 3.25. The van der Waals surface area contributed by atoms with Crippen LogP contribution in [0.25, 0.3) is 0 Å². The van der Waals surface area contributed by atoms with E-state index in [1.165, 1.54) is 24.3 Å². The molecule has 2 amide bonds. The summed E-state index contributed by atoms with van der Waals surface area (Å²) in [6, 6.07) is 4.83. The summed E-state index contributed by atoms with van der Waals surface area (Å²) < 4.78 is 22.9. The largest absolute Gasteiger partial charge is 0.332 e. The van der Waals surface area contributed by atoms with Crippen LogP contribution in [0, 0.1) is 10.1 Å². The Morgan fingerprint density at radius 2 is 1.95 bits per heavy atom. The van der Waals surface area contributed by atoms with E-state index in [9.17, 15) is 23.3 Å². The van der Waals surface area contributed by atoms with E-state index in [0.717, 1.165) is 0 Å². The van der Waals surface area contributed by atoms with Crippen LogP contribution in [0.3, 0.4) is 0 Å². The average Bonchev–Trinajstić information content (AvgIpc) is 2.63. The van der Waals surface area contributed by atoms with Gasteiger partial charge < -0.3 is 10.6 Å². The number of anilines is 1. The lowest BCUT2D eigenvalue weighted by atomic mass is 10.0. The highest BCUT2D eigenvalue weighted by Gasteiger charge is 2.39. The van der Waals surface area contributed by atoms with Gasteiger partial charge in [0.15, 0.2) is 9.84 Å². The smallest absolute Gasteiger partial charge is 0.319 e. The molecule has 1 unspecified atom stereocenters. The third kappa shape index (κ3) is 3.91. The lowest BCUT2D eigenvalue weighted by Crippen LogP contribution is -2.48. The number of nitrogens with one attached hydrogen (secondary N) is 2. The SMILES string of the molecule is CC1(NC(=O)Nc2ccc([N+](=O)[O-])cc2)CCS(=O)(=O)C1. The number of carbonyl (C=O) groups is 1. The van der Waals surface area contributed by atoms with Gasteiger partial charge in [-0.2, -0.15) is 0 Å². The molecule has 21 heavy (non-hydrogen) atoms. The van der Waals surface area contributed by atoms with E-state index in [-0.39, 0.29) is 17.2 Å². The normalized spacial score (nSPS) is 23.5. The molecule has 1 saturated heterocycles. The number of non-ortho nitro benzene ring substituents is 1. The van der Waals surface area contributed by atoms with Gasteiger partial charge in [0.2, 0.25) is 0 Å². The second-order valence-corrected chi connectivity index (χ2v) is 7.47. The van der Waals surface area contributed by atoms with Gasteiger partial charge in [0.25, 0.3) is 5.69 Å². The molecule has 1 atom stereocenters. The number of benzene rings is 1. The molecule has 1 aliphatic rings. The van der Waals surface area contributed by atoms with Gasteiger partial charge >= 0.3 is 6.03 Å². The summed E-state index contributed by atoms with van der Waals surface area (Å²) >= 11 is 0. The van der Waals surface area contributed by atoms with E-state index < -0.39 is 26.3 Å². The highest BCUT2D eigenvalue weighted by molar-refractivity contribution is 7.91. The molecule has 0 radical (unpaired) electrons. The number of carbonyl (C=O) groups excluding carboxylic acids is 1. The Labute approximate surface area is 121 Å². The number of sulfone groups is 1. The summed E-state index contributed by atoms with van der Waals surface area (Å²) in [7, 11) is -3.11. The molecule has 9 heteroatoms. The summed E-state index contributed by atoms with van der Waals surface area (Å²) in [4.78, 5) is 21.8. The van der Waals surface area contributed by atoms with Crippen molar-refractivity contribution in [2.24, 2.45) is 0 Å². The zero-order chi connectivity index (χ0) is 15.7. The molecule has 0 saturated carbocycles. The van der Waals surface area contributed by atoms with Gasteiger partial charge in [0.05, 0.1) is 22.0 Å². The van der Waals surface area contributed by atoms with Crippen molar-refractivity contribution in [3.05, 3.63) is 34.4 Å². The van der Waals surface area contributed by atoms with Gasteiger partial charge in [-0.3, -0.25) is 10.1 Å².